The van der Waals surface area contributed by atoms with Gasteiger partial charge in [0, 0.05) is 0 Å². The molecule has 1 heterocycles. The van der Waals surface area contributed by atoms with Gasteiger partial charge in [-0.1, -0.05) is 23.8 Å². The Kier molecular flexibility index (Phi) is 3.62. The van der Waals surface area contributed by atoms with E-state index in [0.717, 1.165) is 19.6 Å². The number of aryl methyl sites for hydroxylation is 2. The molecule has 2 rings (SSSR count). The molecule has 1 saturated heterocycles. The largest absolute Gasteiger partial charge is 0.330 e. The van der Waals surface area contributed by atoms with Crippen LogP contribution in [0.5, 0.6) is 0 Å². The van der Waals surface area contributed by atoms with Crippen molar-refractivity contribution in [1.29, 1.82) is 0 Å². The first-order chi connectivity index (χ1) is 7.72. The van der Waals surface area contributed by atoms with Gasteiger partial charge < -0.3 is 11.1 Å². The molecule has 3 N–H and O–H groups in total. The van der Waals surface area contributed by atoms with Gasteiger partial charge in [-0.25, -0.2) is 0 Å². The minimum atomic E-state index is 0.593. The summed E-state index contributed by atoms with van der Waals surface area (Å²) >= 11 is 0. The molecule has 1 aliphatic heterocycles. The zero-order valence-electron chi connectivity index (χ0n) is 10.3. The molecule has 2 nitrogen and oxygen atoms in total. The summed E-state index contributed by atoms with van der Waals surface area (Å²) in [4.78, 5) is 0. The van der Waals surface area contributed by atoms with E-state index in [4.69, 9.17) is 5.73 Å². The Labute approximate surface area is 98.2 Å². The van der Waals surface area contributed by atoms with Crippen LogP contribution >= 0.6 is 0 Å². The molecular weight excluding hydrogens is 196 g/mol. The molecule has 1 aromatic carbocycles. The summed E-state index contributed by atoms with van der Waals surface area (Å²) in [5.41, 5.74) is 10.1. The van der Waals surface area contributed by atoms with Crippen LogP contribution in [0.15, 0.2) is 18.2 Å². The maximum absolute atomic E-state index is 5.87. The molecule has 0 radical (unpaired) electrons. The Hall–Kier alpha value is -0.860. The number of piperidine rings is 1. The molecule has 0 bridgehead atoms. The first kappa shape index (κ1) is 11.6. The van der Waals surface area contributed by atoms with Crippen molar-refractivity contribution in [2.45, 2.75) is 26.2 Å². The smallest absolute Gasteiger partial charge is 0.000257 e. The van der Waals surface area contributed by atoms with E-state index in [1.807, 2.05) is 0 Å². The second-order valence-corrected chi connectivity index (χ2v) is 4.96. The first-order valence-corrected chi connectivity index (χ1v) is 6.20. The molecule has 1 aliphatic rings. The van der Waals surface area contributed by atoms with Gasteiger partial charge in [0.05, 0.1) is 0 Å². The van der Waals surface area contributed by atoms with Gasteiger partial charge in [-0.05, 0) is 62.9 Å². The van der Waals surface area contributed by atoms with Gasteiger partial charge in [0.25, 0.3) is 0 Å². The van der Waals surface area contributed by atoms with Gasteiger partial charge in [-0.15, -0.1) is 0 Å². The number of nitrogens with two attached hydrogens (primary N) is 1. The summed E-state index contributed by atoms with van der Waals surface area (Å²) < 4.78 is 0. The lowest BCUT2D eigenvalue weighted by Crippen LogP contribution is -2.39. The summed E-state index contributed by atoms with van der Waals surface area (Å²) in [5.74, 6) is 1.24. The van der Waals surface area contributed by atoms with Crippen molar-refractivity contribution < 1.29 is 0 Å². The number of nitrogens with one attached hydrogen (secondary N) is 1. The maximum atomic E-state index is 5.87. The van der Waals surface area contributed by atoms with E-state index in [-0.39, 0.29) is 0 Å². The molecule has 0 aromatic heterocycles. The predicted octanol–water partition coefficient (Wildman–Crippen LogP) is 1.96. The molecule has 0 amide bonds. The number of benzene rings is 1. The topological polar surface area (TPSA) is 38.0 Å². The number of hydrogen-bond acceptors (Lipinski definition) is 2. The minimum Gasteiger partial charge on any atom is -0.330 e. The normalized spacial score (nSPS) is 25.7. The summed E-state index contributed by atoms with van der Waals surface area (Å²) in [7, 11) is 0. The highest BCUT2D eigenvalue weighted by atomic mass is 14.9. The van der Waals surface area contributed by atoms with Crippen LogP contribution in [-0.4, -0.2) is 19.6 Å². The van der Waals surface area contributed by atoms with Crippen LogP contribution in [0.3, 0.4) is 0 Å². The lowest BCUT2D eigenvalue weighted by Gasteiger charge is -2.32. The zero-order chi connectivity index (χ0) is 11.5. The van der Waals surface area contributed by atoms with Crippen LogP contribution in [0.4, 0.5) is 0 Å². The second kappa shape index (κ2) is 4.98. The van der Waals surface area contributed by atoms with Crippen LogP contribution in [-0.2, 0) is 0 Å². The van der Waals surface area contributed by atoms with E-state index in [1.165, 1.54) is 23.1 Å². The fourth-order valence-electron chi connectivity index (χ4n) is 2.82. The molecule has 0 aliphatic carbocycles. The van der Waals surface area contributed by atoms with Gasteiger partial charge in [0.2, 0.25) is 0 Å². The summed E-state index contributed by atoms with van der Waals surface area (Å²) in [6, 6.07) is 6.80. The van der Waals surface area contributed by atoms with Gasteiger partial charge in [0.1, 0.15) is 0 Å². The van der Waals surface area contributed by atoms with E-state index in [1.54, 1.807) is 0 Å². The molecule has 0 saturated carbocycles. The van der Waals surface area contributed by atoms with E-state index < -0.39 is 0 Å². The summed E-state index contributed by atoms with van der Waals surface area (Å²) in [5, 5.41) is 3.44. The van der Waals surface area contributed by atoms with Crippen molar-refractivity contribution in [1.82, 2.24) is 5.32 Å². The van der Waals surface area contributed by atoms with Crippen molar-refractivity contribution in [2.75, 3.05) is 19.6 Å². The number of rotatable bonds is 2. The van der Waals surface area contributed by atoms with E-state index >= 15 is 0 Å². The Morgan fingerprint density at radius 1 is 1.38 bits per heavy atom. The van der Waals surface area contributed by atoms with Gasteiger partial charge >= 0.3 is 0 Å². The van der Waals surface area contributed by atoms with Crippen molar-refractivity contribution >= 4 is 0 Å². The summed E-state index contributed by atoms with van der Waals surface area (Å²) in [6.45, 7) is 7.34. The highest BCUT2D eigenvalue weighted by Crippen LogP contribution is 2.32. The van der Waals surface area contributed by atoms with Crippen LogP contribution < -0.4 is 11.1 Å². The average Bonchev–Trinajstić information content (AvgIpc) is 2.29. The third kappa shape index (κ3) is 2.28. The molecule has 2 unspecified atom stereocenters. The number of hydrogen-bond donors (Lipinski definition) is 2. The SMILES string of the molecule is Cc1ccc(C2CCNCC2CN)c(C)c1. The molecule has 2 heteroatoms. The van der Waals surface area contributed by atoms with E-state index in [0.29, 0.717) is 11.8 Å². The molecule has 1 fully saturated rings. The maximum Gasteiger partial charge on any atom is -0.000257 e. The quantitative estimate of drug-likeness (QED) is 0.796. The standard InChI is InChI=1S/C14H22N2/c1-10-3-4-13(11(2)7-10)14-5-6-16-9-12(14)8-15/h3-4,7,12,14,16H,5-6,8-9,15H2,1-2H3. The Bertz CT molecular complexity index is 360. The summed E-state index contributed by atoms with van der Waals surface area (Å²) in [6.07, 6.45) is 1.21. The monoisotopic (exact) mass is 218 g/mol. The van der Waals surface area contributed by atoms with Gasteiger partial charge in [-0.2, -0.15) is 0 Å². The van der Waals surface area contributed by atoms with E-state index in [9.17, 15) is 0 Å². The fraction of sp³-hybridized carbons (Fsp3) is 0.571. The lowest BCUT2D eigenvalue weighted by atomic mass is 9.79. The van der Waals surface area contributed by atoms with Crippen molar-refractivity contribution in [3.8, 4) is 0 Å². The molecular formula is C14H22N2. The highest BCUT2D eigenvalue weighted by Gasteiger charge is 2.25. The third-order valence-corrected chi connectivity index (χ3v) is 3.74. The minimum absolute atomic E-state index is 0.593. The van der Waals surface area contributed by atoms with Crippen molar-refractivity contribution in [3.05, 3.63) is 34.9 Å². The van der Waals surface area contributed by atoms with Crippen molar-refractivity contribution in [2.24, 2.45) is 11.7 Å². The Morgan fingerprint density at radius 3 is 2.88 bits per heavy atom. The Morgan fingerprint density at radius 2 is 2.19 bits per heavy atom. The highest BCUT2D eigenvalue weighted by molar-refractivity contribution is 5.34. The van der Waals surface area contributed by atoms with Crippen LogP contribution in [0.25, 0.3) is 0 Å². The van der Waals surface area contributed by atoms with E-state index in [2.05, 4.69) is 37.4 Å². The molecule has 2 atom stereocenters. The fourth-order valence-corrected chi connectivity index (χ4v) is 2.82. The lowest BCUT2D eigenvalue weighted by molar-refractivity contribution is 0.332. The van der Waals surface area contributed by atoms with Crippen LogP contribution in [0.1, 0.15) is 29.0 Å². The first-order valence-electron chi connectivity index (χ1n) is 6.20. The van der Waals surface area contributed by atoms with Gasteiger partial charge in [-0.3, -0.25) is 0 Å². The molecule has 88 valence electrons. The third-order valence-electron chi connectivity index (χ3n) is 3.74. The average molecular weight is 218 g/mol. The molecule has 0 spiro atoms. The van der Waals surface area contributed by atoms with Gasteiger partial charge in [0.15, 0.2) is 0 Å². The van der Waals surface area contributed by atoms with Crippen LogP contribution in [0.2, 0.25) is 0 Å². The zero-order valence-corrected chi connectivity index (χ0v) is 10.3. The van der Waals surface area contributed by atoms with Crippen LogP contribution in [0, 0.1) is 19.8 Å². The predicted molar refractivity (Wildman–Crippen MR) is 68.7 cm³/mol. The molecule has 16 heavy (non-hydrogen) atoms. The second-order valence-electron chi connectivity index (χ2n) is 4.96. The Balaban J connectivity index is 2.27. The van der Waals surface area contributed by atoms with Crippen molar-refractivity contribution in [3.63, 3.8) is 0 Å². The molecule has 1 aromatic rings.